The van der Waals surface area contributed by atoms with Gasteiger partial charge in [-0.15, -0.1) is 11.3 Å². The van der Waals surface area contributed by atoms with Crippen molar-refractivity contribution in [2.24, 2.45) is 0 Å². The molecule has 0 spiro atoms. The van der Waals surface area contributed by atoms with Crippen molar-refractivity contribution >= 4 is 39.2 Å². The van der Waals surface area contributed by atoms with Crippen LogP contribution in [0.5, 0.6) is 0 Å². The van der Waals surface area contributed by atoms with Crippen molar-refractivity contribution in [1.29, 1.82) is 0 Å². The van der Waals surface area contributed by atoms with Gasteiger partial charge in [-0.1, -0.05) is 29.8 Å². The number of aryl methyl sites for hydroxylation is 1. The van der Waals surface area contributed by atoms with Gasteiger partial charge in [0, 0.05) is 5.69 Å². The average Bonchev–Trinajstić information content (AvgIpc) is 3.23. The first-order chi connectivity index (χ1) is 13.9. The summed E-state index contributed by atoms with van der Waals surface area (Å²) in [6.07, 6.45) is 0. The number of carbonyl (C=O) groups excluding carboxylic acids is 2. The molecule has 2 atom stereocenters. The van der Waals surface area contributed by atoms with Crippen molar-refractivity contribution in [3.63, 3.8) is 0 Å². The fourth-order valence-electron chi connectivity index (χ4n) is 3.50. The van der Waals surface area contributed by atoms with Crippen molar-refractivity contribution in [3.8, 4) is 0 Å². The summed E-state index contributed by atoms with van der Waals surface area (Å²) in [6.45, 7) is 6.04. The van der Waals surface area contributed by atoms with E-state index < -0.39 is 6.04 Å². The van der Waals surface area contributed by atoms with Crippen LogP contribution in [0.1, 0.15) is 30.5 Å². The van der Waals surface area contributed by atoms with Crippen LogP contribution in [0.3, 0.4) is 0 Å². The number of hydrogen-bond donors (Lipinski definition) is 0. The Bertz CT molecular complexity index is 1030. The van der Waals surface area contributed by atoms with Gasteiger partial charge in [-0.3, -0.25) is 14.6 Å². The van der Waals surface area contributed by atoms with Crippen LogP contribution in [0, 0.1) is 6.92 Å². The Labute approximate surface area is 174 Å². The second-order valence-electron chi connectivity index (χ2n) is 7.52. The fourth-order valence-corrected chi connectivity index (χ4v) is 4.58. The van der Waals surface area contributed by atoms with Gasteiger partial charge in [-0.05, 0) is 52.1 Å². The standard InChI is InChI=1S/C22H24N4O2S/c1-14-9-11-17(12-10-14)26-16(3)21(27)25(22(26)28)13-24(4)15(2)20-23-18-7-5-6-8-19(18)29-20/h5-12,15-16H,13H2,1-4H3. The minimum absolute atomic E-state index is 0.0169. The van der Waals surface area contributed by atoms with E-state index in [1.54, 1.807) is 23.2 Å². The first-order valence-electron chi connectivity index (χ1n) is 9.63. The number of para-hydroxylation sites is 1. The molecule has 0 radical (unpaired) electrons. The maximum Gasteiger partial charge on any atom is 0.333 e. The van der Waals surface area contributed by atoms with Crippen molar-refractivity contribution in [2.45, 2.75) is 32.9 Å². The van der Waals surface area contributed by atoms with Gasteiger partial charge >= 0.3 is 6.03 Å². The molecule has 1 aromatic heterocycles. The van der Waals surface area contributed by atoms with E-state index in [1.807, 2.05) is 68.3 Å². The lowest BCUT2D eigenvalue weighted by atomic mass is 10.2. The number of benzene rings is 2. The normalized spacial score (nSPS) is 18.3. The Morgan fingerprint density at radius 1 is 1.14 bits per heavy atom. The Hall–Kier alpha value is -2.77. The Morgan fingerprint density at radius 3 is 2.52 bits per heavy atom. The number of hydrogen-bond acceptors (Lipinski definition) is 5. The molecule has 0 N–H and O–H groups in total. The number of aromatic nitrogens is 1. The molecule has 29 heavy (non-hydrogen) atoms. The van der Waals surface area contributed by atoms with E-state index in [0.29, 0.717) is 0 Å². The predicted molar refractivity (Wildman–Crippen MR) is 116 cm³/mol. The van der Waals surface area contributed by atoms with Crippen LogP contribution in [0.2, 0.25) is 0 Å². The summed E-state index contributed by atoms with van der Waals surface area (Å²) in [4.78, 5) is 35.5. The lowest BCUT2D eigenvalue weighted by Crippen LogP contribution is -2.41. The van der Waals surface area contributed by atoms with E-state index in [1.165, 1.54) is 4.90 Å². The van der Waals surface area contributed by atoms with Gasteiger partial charge in [0.15, 0.2) is 0 Å². The van der Waals surface area contributed by atoms with E-state index >= 15 is 0 Å². The molecule has 2 heterocycles. The molecule has 2 aromatic carbocycles. The Balaban J connectivity index is 1.52. The molecular formula is C22H24N4O2S. The molecule has 0 saturated carbocycles. The minimum atomic E-state index is -0.517. The second-order valence-corrected chi connectivity index (χ2v) is 8.59. The molecule has 1 saturated heterocycles. The quantitative estimate of drug-likeness (QED) is 0.587. The highest BCUT2D eigenvalue weighted by molar-refractivity contribution is 7.18. The zero-order chi connectivity index (χ0) is 20.7. The molecule has 3 aromatic rings. The van der Waals surface area contributed by atoms with E-state index in [2.05, 4.69) is 6.07 Å². The first kappa shape index (κ1) is 19.5. The smallest absolute Gasteiger partial charge is 0.282 e. The molecule has 1 fully saturated rings. The fraction of sp³-hybridized carbons (Fsp3) is 0.318. The number of amides is 3. The van der Waals surface area contributed by atoms with Gasteiger partial charge in [-0.25, -0.2) is 14.7 Å². The molecule has 3 amide bonds. The number of imide groups is 1. The monoisotopic (exact) mass is 408 g/mol. The summed E-state index contributed by atoms with van der Waals surface area (Å²) in [5.74, 6) is -0.182. The van der Waals surface area contributed by atoms with Crippen LogP contribution < -0.4 is 4.90 Å². The maximum atomic E-state index is 13.0. The molecule has 0 aliphatic carbocycles. The first-order valence-corrected chi connectivity index (χ1v) is 10.5. The largest absolute Gasteiger partial charge is 0.333 e. The van der Waals surface area contributed by atoms with Gasteiger partial charge in [0.05, 0.1) is 22.9 Å². The van der Waals surface area contributed by atoms with Crippen LogP contribution in [-0.4, -0.2) is 46.5 Å². The summed E-state index contributed by atoms with van der Waals surface area (Å²) >= 11 is 1.64. The molecule has 7 heteroatoms. The Kier molecular flexibility index (Phi) is 5.10. The minimum Gasteiger partial charge on any atom is -0.282 e. The topological polar surface area (TPSA) is 56.8 Å². The maximum absolute atomic E-state index is 13.0. The number of anilines is 1. The second kappa shape index (κ2) is 7.57. The van der Waals surface area contributed by atoms with Gasteiger partial charge < -0.3 is 0 Å². The number of thiazole rings is 1. The summed E-state index contributed by atoms with van der Waals surface area (Å²) in [7, 11) is 1.91. The molecule has 150 valence electrons. The molecule has 0 bridgehead atoms. The zero-order valence-corrected chi connectivity index (χ0v) is 17.8. The summed E-state index contributed by atoms with van der Waals surface area (Å²) in [6, 6.07) is 14.9. The highest BCUT2D eigenvalue weighted by Gasteiger charge is 2.44. The molecule has 2 unspecified atom stereocenters. The third-order valence-electron chi connectivity index (χ3n) is 5.45. The zero-order valence-electron chi connectivity index (χ0n) is 17.0. The molecule has 1 aliphatic rings. The third kappa shape index (κ3) is 3.52. The third-order valence-corrected chi connectivity index (χ3v) is 6.66. The number of fused-ring (bicyclic) bond motifs is 1. The van der Waals surface area contributed by atoms with Crippen molar-refractivity contribution in [1.82, 2.24) is 14.8 Å². The number of urea groups is 1. The lowest BCUT2D eigenvalue weighted by Gasteiger charge is -2.27. The highest BCUT2D eigenvalue weighted by atomic mass is 32.1. The van der Waals surface area contributed by atoms with Crippen molar-refractivity contribution < 1.29 is 9.59 Å². The number of rotatable bonds is 5. The SMILES string of the molecule is Cc1ccc(N2C(=O)N(CN(C)C(C)c3nc4ccccc4s3)C(=O)C2C)cc1. The summed E-state index contributed by atoms with van der Waals surface area (Å²) in [5, 5.41) is 0.969. The van der Waals surface area contributed by atoms with Crippen LogP contribution >= 0.6 is 11.3 Å². The summed E-state index contributed by atoms with van der Waals surface area (Å²) in [5.41, 5.74) is 2.83. The van der Waals surface area contributed by atoms with Crippen LogP contribution in [0.25, 0.3) is 10.2 Å². The van der Waals surface area contributed by atoms with Gasteiger partial charge in [-0.2, -0.15) is 0 Å². The number of carbonyl (C=O) groups is 2. The molecule has 6 nitrogen and oxygen atoms in total. The predicted octanol–water partition coefficient (Wildman–Crippen LogP) is 4.41. The summed E-state index contributed by atoms with van der Waals surface area (Å²) < 4.78 is 1.13. The average molecular weight is 409 g/mol. The number of nitrogens with zero attached hydrogens (tertiary/aromatic N) is 4. The van der Waals surface area contributed by atoms with Crippen LogP contribution in [0.15, 0.2) is 48.5 Å². The van der Waals surface area contributed by atoms with E-state index in [0.717, 1.165) is 26.5 Å². The van der Waals surface area contributed by atoms with E-state index in [9.17, 15) is 9.59 Å². The van der Waals surface area contributed by atoms with Crippen molar-refractivity contribution in [2.75, 3.05) is 18.6 Å². The van der Waals surface area contributed by atoms with Gasteiger partial charge in [0.1, 0.15) is 11.0 Å². The van der Waals surface area contributed by atoms with Crippen LogP contribution in [0.4, 0.5) is 10.5 Å². The highest BCUT2D eigenvalue weighted by Crippen LogP contribution is 2.30. The van der Waals surface area contributed by atoms with Crippen molar-refractivity contribution in [3.05, 3.63) is 59.1 Å². The van der Waals surface area contributed by atoms with E-state index in [4.69, 9.17) is 4.98 Å². The van der Waals surface area contributed by atoms with Gasteiger partial charge in [0.2, 0.25) is 0 Å². The molecule has 1 aliphatic heterocycles. The Morgan fingerprint density at radius 2 is 1.83 bits per heavy atom. The molecular weight excluding hydrogens is 384 g/mol. The lowest BCUT2D eigenvalue weighted by molar-refractivity contribution is -0.128. The van der Waals surface area contributed by atoms with Crippen LogP contribution in [-0.2, 0) is 4.79 Å². The van der Waals surface area contributed by atoms with E-state index in [-0.39, 0.29) is 24.6 Å². The van der Waals surface area contributed by atoms with Gasteiger partial charge in [0.25, 0.3) is 5.91 Å². The molecule has 4 rings (SSSR count).